The summed E-state index contributed by atoms with van der Waals surface area (Å²) in [6.07, 6.45) is -7.10. The van der Waals surface area contributed by atoms with Crippen molar-refractivity contribution in [3.8, 4) is 0 Å². The molecular formula is C15H14F7NO2. The molecule has 1 fully saturated rings. The summed E-state index contributed by atoms with van der Waals surface area (Å²) >= 11 is 0. The number of amides is 1. The van der Waals surface area contributed by atoms with Crippen LogP contribution >= 0.6 is 0 Å². The maximum absolute atomic E-state index is 14.0. The van der Waals surface area contributed by atoms with E-state index < -0.39 is 41.2 Å². The molecule has 0 aliphatic carbocycles. The monoisotopic (exact) mass is 373 g/mol. The van der Waals surface area contributed by atoms with Gasteiger partial charge in [0.15, 0.2) is 0 Å². The third-order valence-electron chi connectivity index (χ3n) is 3.98. The first-order chi connectivity index (χ1) is 11.4. The molecule has 1 amide bonds. The number of carbonyl (C=O) groups excluding carboxylic acids is 1. The highest BCUT2D eigenvalue weighted by atomic mass is 19.4. The molecule has 1 aromatic rings. The van der Waals surface area contributed by atoms with Crippen molar-refractivity contribution in [3.63, 3.8) is 0 Å². The van der Waals surface area contributed by atoms with Crippen LogP contribution in [0.25, 0.3) is 0 Å². The smallest absolute Gasteiger partial charge is 0.382 e. The minimum Gasteiger partial charge on any atom is -0.382 e. The Balaban J connectivity index is 2.26. The highest BCUT2D eigenvalue weighted by molar-refractivity contribution is 5.85. The van der Waals surface area contributed by atoms with Gasteiger partial charge in [-0.05, 0) is 30.5 Å². The van der Waals surface area contributed by atoms with Gasteiger partial charge in [0.25, 0.3) is 5.91 Å². The topological polar surface area (TPSA) is 40.5 Å². The molecule has 1 heterocycles. The van der Waals surface area contributed by atoms with Gasteiger partial charge >= 0.3 is 18.0 Å². The molecule has 0 radical (unpaired) electrons. The lowest BCUT2D eigenvalue weighted by molar-refractivity contribution is -0.252. The number of hydrogen-bond donors (Lipinski definition) is 1. The third kappa shape index (κ3) is 3.58. The second-order valence-electron chi connectivity index (χ2n) is 5.72. The van der Waals surface area contributed by atoms with Crippen molar-refractivity contribution in [1.29, 1.82) is 0 Å². The van der Waals surface area contributed by atoms with Crippen LogP contribution < -0.4 is 0 Å². The van der Waals surface area contributed by atoms with E-state index >= 15 is 0 Å². The molecule has 1 aromatic carbocycles. The van der Waals surface area contributed by atoms with Crippen LogP contribution in [0.4, 0.5) is 30.7 Å². The lowest BCUT2D eigenvalue weighted by Crippen LogP contribution is -2.55. The first kappa shape index (κ1) is 19.5. The fourth-order valence-corrected chi connectivity index (χ4v) is 2.50. The highest BCUT2D eigenvalue weighted by Gasteiger charge is 2.67. The largest absolute Gasteiger partial charge is 0.416 e. The molecule has 1 aliphatic heterocycles. The molecule has 10 heteroatoms. The van der Waals surface area contributed by atoms with E-state index in [1.54, 1.807) is 0 Å². The van der Waals surface area contributed by atoms with Gasteiger partial charge in [-0.1, -0.05) is 12.1 Å². The zero-order valence-electron chi connectivity index (χ0n) is 12.7. The average molecular weight is 373 g/mol. The summed E-state index contributed by atoms with van der Waals surface area (Å²) in [4.78, 5) is 12.2. The number of alkyl halides is 7. The van der Waals surface area contributed by atoms with Crippen LogP contribution in [0, 0.1) is 0 Å². The lowest BCUT2D eigenvalue weighted by Gasteiger charge is -2.32. The number of aliphatic hydroxyl groups is 1. The summed E-state index contributed by atoms with van der Waals surface area (Å²) < 4.78 is 93.4. The van der Waals surface area contributed by atoms with Gasteiger partial charge in [0.05, 0.1) is 5.56 Å². The number of hydrogen-bond acceptors (Lipinski definition) is 2. The molecule has 140 valence electrons. The molecular weight excluding hydrogens is 359 g/mol. The van der Waals surface area contributed by atoms with E-state index in [0.29, 0.717) is 42.0 Å². The van der Waals surface area contributed by atoms with Gasteiger partial charge in [0.1, 0.15) is 6.10 Å². The molecule has 1 aliphatic rings. The maximum Gasteiger partial charge on any atom is 0.416 e. The van der Waals surface area contributed by atoms with Gasteiger partial charge < -0.3 is 10.0 Å². The van der Waals surface area contributed by atoms with E-state index in [1.165, 1.54) is 0 Å². The van der Waals surface area contributed by atoms with E-state index in [0.717, 1.165) is 0 Å². The van der Waals surface area contributed by atoms with Crippen molar-refractivity contribution in [2.45, 2.75) is 37.0 Å². The Kier molecular flexibility index (Phi) is 5.04. The fourth-order valence-electron chi connectivity index (χ4n) is 2.50. The Morgan fingerprint density at radius 3 is 1.88 bits per heavy atom. The van der Waals surface area contributed by atoms with Crippen LogP contribution in [0.5, 0.6) is 0 Å². The van der Waals surface area contributed by atoms with Crippen molar-refractivity contribution in [2.24, 2.45) is 0 Å². The van der Waals surface area contributed by atoms with Crippen molar-refractivity contribution < 1.29 is 40.6 Å². The van der Waals surface area contributed by atoms with Crippen LogP contribution in [-0.2, 0) is 11.0 Å². The van der Waals surface area contributed by atoms with E-state index in [1.807, 2.05) is 0 Å². The number of benzene rings is 1. The summed E-state index contributed by atoms with van der Waals surface area (Å²) in [6.45, 7) is -0.193. The van der Waals surface area contributed by atoms with Gasteiger partial charge in [0, 0.05) is 13.1 Å². The number of carbonyl (C=O) groups is 1. The molecule has 1 N–H and O–H groups in total. The Bertz CT molecular complexity index is 622. The van der Waals surface area contributed by atoms with Crippen molar-refractivity contribution in [3.05, 3.63) is 35.4 Å². The van der Waals surface area contributed by atoms with E-state index in [-0.39, 0.29) is 13.1 Å². The Morgan fingerprint density at radius 2 is 1.44 bits per heavy atom. The number of likely N-dealkylation sites (tertiary alicyclic amines) is 1. The highest BCUT2D eigenvalue weighted by Crippen LogP contribution is 2.45. The van der Waals surface area contributed by atoms with Gasteiger partial charge in [-0.2, -0.15) is 30.7 Å². The number of nitrogens with zero attached hydrogens (tertiary/aromatic N) is 1. The van der Waals surface area contributed by atoms with Crippen molar-refractivity contribution in [2.75, 3.05) is 13.1 Å². The second kappa shape index (κ2) is 6.47. The van der Waals surface area contributed by atoms with Crippen LogP contribution in [0.15, 0.2) is 24.3 Å². The minimum atomic E-state index is -5.19. The first-order valence-electron chi connectivity index (χ1n) is 7.29. The molecule has 25 heavy (non-hydrogen) atoms. The van der Waals surface area contributed by atoms with Crippen LogP contribution in [0.1, 0.15) is 30.1 Å². The summed E-state index contributed by atoms with van der Waals surface area (Å²) in [5.74, 6) is -12.5. The van der Waals surface area contributed by atoms with Gasteiger partial charge in [-0.25, -0.2) is 0 Å². The average Bonchev–Trinajstić information content (AvgIpc) is 3.06. The third-order valence-corrected chi connectivity index (χ3v) is 3.98. The summed E-state index contributed by atoms with van der Waals surface area (Å²) in [5, 5.41) is 9.59. The minimum absolute atomic E-state index is 0.0964. The lowest BCUT2D eigenvalue weighted by atomic mass is 9.96. The van der Waals surface area contributed by atoms with E-state index in [2.05, 4.69) is 0 Å². The van der Waals surface area contributed by atoms with Crippen molar-refractivity contribution in [1.82, 2.24) is 4.90 Å². The SMILES string of the molecule is O=C(N1CCCC1)C(F)(F)C(F)(F)C(O)c1ccc(C(F)(F)F)cc1. The molecule has 2 rings (SSSR count). The normalized spacial score (nSPS) is 17.7. The number of halogens is 7. The standard InChI is InChI=1S/C15H14F7NO2/c16-13(17,14(18,19)12(25)23-7-1-2-8-23)11(24)9-3-5-10(6-4-9)15(20,21)22/h3-6,11,24H,1-2,7-8H2. The molecule has 1 unspecified atom stereocenters. The van der Waals surface area contributed by atoms with Crippen LogP contribution in [0.2, 0.25) is 0 Å². The van der Waals surface area contributed by atoms with Gasteiger partial charge in [-0.15, -0.1) is 0 Å². The summed E-state index contributed by atoms with van der Waals surface area (Å²) in [7, 11) is 0. The molecule has 1 saturated heterocycles. The molecule has 0 aromatic heterocycles. The predicted octanol–water partition coefficient (Wildman–Crippen LogP) is 3.63. The molecule has 3 nitrogen and oxygen atoms in total. The predicted molar refractivity (Wildman–Crippen MR) is 72.1 cm³/mol. The maximum atomic E-state index is 14.0. The van der Waals surface area contributed by atoms with Crippen molar-refractivity contribution >= 4 is 5.91 Å². The van der Waals surface area contributed by atoms with Crippen LogP contribution in [0.3, 0.4) is 0 Å². The Hall–Kier alpha value is -1.84. The zero-order chi connectivity index (χ0) is 19.0. The van der Waals surface area contributed by atoms with Crippen LogP contribution in [-0.4, -0.2) is 40.8 Å². The Labute approximate surface area is 138 Å². The first-order valence-corrected chi connectivity index (χ1v) is 7.29. The second-order valence-corrected chi connectivity index (χ2v) is 5.72. The van der Waals surface area contributed by atoms with Gasteiger partial charge in [-0.3, -0.25) is 4.79 Å². The summed E-state index contributed by atoms with van der Waals surface area (Å²) in [6, 6.07) is 1.71. The van der Waals surface area contributed by atoms with E-state index in [4.69, 9.17) is 0 Å². The quantitative estimate of drug-likeness (QED) is 0.819. The van der Waals surface area contributed by atoms with E-state index in [9.17, 15) is 40.6 Å². The fraction of sp³-hybridized carbons (Fsp3) is 0.533. The molecule has 0 spiro atoms. The number of aliphatic hydroxyl groups excluding tert-OH is 1. The van der Waals surface area contributed by atoms with Gasteiger partial charge in [0.2, 0.25) is 0 Å². The zero-order valence-corrected chi connectivity index (χ0v) is 12.7. The molecule has 0 saturated carbocycles. The molecule has 0 bridgehead atoms. The molecule has 1 atom stereocenters. The Morgan fingerprint density at radius 1 is 0.960 bits per heavy atom. The number of rotatable bonds is 4. The summed E-state index contributed by atoms with van der Waals surface area (Å²) in [5.41, 5.74) is -2.04.